The summed E-state index contributed by atoms with van der Waals surface area (Å²) in [5, 5.41) is 8.95. The molecule has 1 unspecified atom stereocenters. The minimum Gasteiger partial charge on any atom is -0.484 e. The predicted molar refractivity (Wildman–Crippen MR) is 134 cm³/mol. The summed E-state index contributed by atoms with van der Waals surface area (Å²) in [6.45, 7) is 11.5. The van der Waals surface area contributed by atoms with Crippen LogP contribution in [0.4, 0.5) is 13.2 Å². The number of ether oxygens (including phenoxy) is 1. The molecule has 1 heterocycles. The highest BCUT2D eigenvalue weighted by atomic mass is 19.4. The number of nitrogens with zero attached hydrogens (tertiary/aromatic N) is 2. The molecule has 0 spiro atoms. The fourth-order valence-corrected chi connectivity index (χ4v) is 2.73. The van der Waals surface area contributed by atoms with Crippen LogP contribution in [0.2, 0.25) is 0 Å². The fraction of sp³-hybridized carbons (Fsp3) is 0.600. The van der Waals surface area contributed by atoms with Gasteiger partial charge >= 0.3 is 12.1 Å². The highest BCUT2D eigenvalue weighted by molar-refractivity contribution is 6.40. The first-order valence-electron chi connectivity index (χ1n) is 11.6. The van der Waals surface area contributed by atoms with Gasteiger partial charge < -0.3 is 26.2 Å². The molecule has 5 N–H and O–H groups in total. The van der Waals surface area contributed by atoms with Crippen molar-refractivity contribution < 1.29 is 27.8 Å². The Morgan fingerprint density at radius 1 is 1.20 bits per heavy atom. The maximum absolute atomic E-state index is 12.1. The van der Waals surface area contributed by atoms with Crippen molar-refractivity contribution >= 4 is 11.7 Å². The van der Waals surface area contributed by atoms with E-state index in [0.717, 1.165) is 17.8 Å². The molecule has 7 nitrogen and oxygen atoms in total. The number of unbranched alkanes of at least 4 members (excludes halogenated alkanes) is 2. The van der Waals surface area contributed by atoms with Gasteiger partial charge in [-0.15, -0.1) is 0 Å². The van der Waals surface area contributed by atoms with Gasteiger partial charge in [0.15, 0.2) is 6.61 Å². The van der Waals surface area contributed by atoms with Gasteiger partial charge in [-0.2, -0.15) is 13.2 Å². The van der Waals surface area contributed by atoms with Crippen molar-refractivity contribution in [2.75, 3.05) is 19.8 Å². The highest BCUT2D eigenvalue weighted by Crippen LogP contribution is 2.27. The normalized spacial score (nSPS) is 14.4. The Balaban J connectivity index is 0.000000877. The van der Waals surface area contributed by atoms with E-state index in [1.807, 2.05) is 32.6 Å². The van der Waals surface area contributed by atoms with Gasteiger partial charge in [0.25, 0.3) is 0 Å². The Morgan fingerprint density at radius 3 is 2.11 bits per heavy atom. The first kappa shape index (κ1) is 32.4. The Kier molecular flexibility index (Phi) is 14.3. The average Bonchev–Trinajstić information content (AvgIpc) is 2.75. The second kappa shape index (κ2) is 15.4. The Labute approximate surface area is 207 Å². The molecule has 2 rings (SSSR count). The molecule has 0 saturated carbocycles. The molecular weight excluding hydrogens is 461 g/mol. The number of allylic oxidation sites excluding steroid dienone is 1. The summed E-state index contributed by atoms with van der Waals surface area (Å²) >= 11 is 0. The molecule has 0 fully saturated rings. The zero-order valence-corrected chi connectivity index (χ0v) is 21.7. The molecule has 10 heteroatoms. The molecule has 1 aliphatic heterocycles. The zero-order valence-electron chi connectivity index (χ0n) is 21.7. The van der Waals surface area contributed by atoms with Gasteiger partial charge in [-0.25, -0.2) is 4.79 Å². The first-order chi connectivity index (χ1) is 16.1. The van der Waals surface area contributed by atoms with Crippen molar-refractivity contribution in [1.29, 1.82) is 0 Å². The monoisotopic (exact) mass is 502 g/mol. The van der Waals surface area contributed by atoms with Gasteiger partial charge in [0, 0.05) is 11.2 Å². The number of benzene rings is 1. The van der Waals surface area contributed by atoms with Crippen molar-refractivity contribution in [3.8, 4) is 5.75 Å². The standard InChI is InChI=1S/C16H17F3N2O3.C5H13N.C4H11N/c1-10-7-14(15(22)23)20-9-21(10)11(2)12-3-5-13(6-4-12)24-8-16(17,18)19;1-2-3-4-5-6;1-4(2,3)5/h3-7,11H,8-9H2,1-2H3,(H,22,23);2-6H2,1H3;5H2,1-3H3. The number of carboxylic acids is 1. The molecule has 1 atom stereocenters. The molecule has 0 radical (unpaired) electrons. The largest absolute Gasteiger partial charge is 0.484 e. The molecule has 0 aromatic heterocycles. The zero-order chi connectivity index (χ0) is 27.2. The summed E-state index contributed by atoms with van der Waals surface area (Å²) in [5.74, 6) is -0.937. The number of carboxylic acid groups (broad SMARTS) is 1. The number of nitrogens with two attached hydrogens (primary N) is 2. The number of aliphatic imine (C=N–C) groups is 1. The molecule has 200 valence electrons. The molecule has 0 aliphatic carbocycles. The summed E-state index contributed by atoms with van der Waals surface area (Å²) in [5.41, 5.74) is 12.2. The van der Waals surface area contributed by atoms with E-state index in [1.54, 1.807) is 19.1 Å². The van der Waals surface area contributed by atoms with Crippen LogP contribution in [-0.4, -0.2) is 53.2 Å². The van der Waals surface area contributed by atoms with Gasteiger partial charge in [0.1, 0.15) is 18.1 Å². The van der Waals surface area contributed by atoms with Crippen LogP contribution in [0.3, 0.4) is 0 Å². The van der Waals surface area contributed by atoms with Gasteiger partial charge in [0.05, 0.1) is 6.04 Å². The summed E-state index contributed by atoms with van der Waals surface area (Å²) in [4.78, 5) is 16.8. The van der Waals surface area contributed by atoms with E-state index in [0.29, 0.717) is 0 Å². The molecule has 0 amide bonds. The molecule has 0 saturated heterocycles. The number of carbonyl (C=O) groups is 1. The number of alkyl halides is 3. The predicted octanol–water partition coefficient (Wildman–Crippen LogP) is 5.27. The van der Waals surface area contributed by atoms with Crippen LogP contribution >= 0.6 is 0 Å². The lowest BCUT2D eigenvalue weighted by Crippen LogP contribution is -2.31. The Bertz CT molecular complexity index is 807. The number of hydrogen-bond donors (Lipinski definition) is 3. The first-order valence-corrected chi connectivity index (χ1v) is 11.6. The van der Waals surface area contributed by atoms with Gasteiger partial charge in [-0.05, 0) is 71.4 Å². The SMILES string of the molecule is CC(C)(C)N.CC1=CC(C(=O)O)=NCN1C(C)c1ccc(OCC(F)(F)F)cc1.CCCCCN. The Hall–Kier alpha value is -2.59. The topological polar surface area (TPSA) is 114 Å². The van der Waals surface area contributed by atoms with Crippen molar-refractivity contribution in [1.82, 2.24) is 4.90 Å². The molecule has 35 heavy (non-hydrogen) atoms. The quantitative estimate of drug-likeness (QED) is 0.417. The van der Waals surface area contributed by atoms with Crippen molar-refractivity contribution in [3.05, 3.63) is 41.6 Å². The number of hydrogen-bond acceptors (Lipinski definition) is 6. The number of aliphatic carboxylic acids is 1. The minimum absolute atomic E-state index is 0. The van der Waals surface area contributed by atoms with E-state index in [9.17, 15) is 18.0 Å². The summed E-state index contributed by atoms with van der Waals surface area (Å²) in [7, 11) is 0. The minimum atomic E-state index is -4.37. The van der Waals surface area contributed by atoms with E-state index < -0.39 is 18.8 Å². The van der Waals surface area contributed by atoms with E-state index in [2.05, 4.69) is 16.7 Å². The third kappa shape index (κ3) is 15.8. The van der Waals surface area contributed by atoms with Crippen molar-refractivity contribution in [2.24, 2.45) is 16.5 Å². The van der Waals surface area contributed by atoms with Crippen LogP contribution in [0.5, 0.6) is 5.75 Å². The van der Waals surface area contributed by atoms with Crippen LogP contribution < -0.4 is 16.2 Å². The second-order valence-corrected chi connectivity index (χ2v) is 9.26. The van der Waals surface area contributed by atoms with Crippen molar-refractivity contribution in [2.45, 2.75) is 78.6 Å². The molecule has 1 aromatic rings. The lowest BCUT2D eigenvalue weighted by Gasteiger charge is -2.33. The van der Waals surface area contributed by atoms with Crippen LogP contribution in [0.25, 0.3) is 0 Å². The highest BCUT2D eigenvalue weighted by Gasteiger charge is 2.28. The Morgan fingerprint density at radius 2 is 1.74 bits per heavy atom. The third-order valence-electron chi connectivity index (χ3n) is 4.45. The lowest BCUT2D eigenvalue weighted by atomic mass is 10.1. The van der Waals surface area contributed by atoms with Crippen LogP contribution in [0, 0.1) is 0 Å². The molecular formula is C25H41F3N4O3. The van der Waals surface area contributed by atoms with Crippen molar-refractivity contribution in [3.63, 3.8) is 0 Å². The van der Waals surface area contributed by atoms with Crippen LogP contribution in [0.15, 0.2) is 41.0 Å². The lowest BCUT2D eigenvalue weighted by molar-refractivity contribution is -0.153. The second-order valence-electron chi connectivity index (χ2n) is 9.26. The maximum atomic E-state index is 12.1. The summed E-state index contributed by atoms with van der Waals surface area (Å²) < 4.78 is 41.1. The average molecular weight is 503 g/mol. The van der Waals surface area contributed by atoms with Crippen LogP contribution in [-0.2, 0) is 4.79 Å². The number of halogens is 3. The summed E-state index contributed by atoms with van der Waals surface area (Å²) in [6.07, 6.45) is 0.870. The van der Waals surface area contributed by atoms with Gasteiger partial charge in [-0.3, -0.25) is 4.99 Å². The van der Waals surface area contributed by atoms with Gasteiger partial charge in [-0.1, -0.05) is 31.9 Å². The smallest absolute Gasteiger partial charge is 0.422 e. The molecule has 0 bridgehead atoms. The van der Waals surface area contributed by atoms with E-state index in [1.165, 1.54) is 37.5 Å². The van der Waals surface area contributed by atoms with E-state index >= 15 is 0 Å². The third-order valence-corrected chi connectivity index (χ3v) is 4.45. The number of rotatable bonds is 8. The summed E-state index contributed by atoms with van der Waals surface area (Å²) in [6, 6.07) is 6.20. The molecule has 1 aliphatic rings. The van der Waals surface area contributed by atoms with Crippen LogP contribution in [0.1, 0.15) is 72.4 Å². The fourth-order valence-electron chi connectivity index (χ4n) is 2.73. The van der Waals surface area contributed by atoms with E-state index in [-0.39, 0.29) is 29.7 Å². The maximum Gasteiger partial charge on any atom is 0.422 e. The molecule has 1 aromatic carbocycles. The van der Waals surface area contributed by atoms with Gasteiger partial charge in [0.2, 0.25) is 0 Å². The van der Waals surface area contributed by atoms with E-state index in [4.69, 9.17) is 16.6 Å².